The van der Waals surface area contributed by atoms with Crippen molar-refractivity contribution in [3.8, 4) is 0 Å². The Labute approximate surface area is 120 Å². The number of hydrogen-bond acceptors (Lipinski definition) is 3. The molecular formula is C15H25N3O2. The van der Waals surface area contributed by atoms with Gasteiger partial charge in [-0.1, -0.05) is 19.3 Å². The Bertz CT molecular complexity index is 425. The first-order chi connectivity index (χ1) is 9.70. The Morgan fingerprint density at radius 1 is 1.50 bits per heavy atom. The summed E-state index contributed by atoms with van der Waals surface area (Å²) < 4.78 is 0. The fourth-order valence-corrected chi connectivity index (χ4v) is 2.84. The smallest absolute Gasteiger partial charge is 0.271 e. The Morgan fingerprint density at radius 3 is 2.95 bits per heavy atom. The molecule has 1 unspecified atom stereocenters. The van der Waals surface area contributed by atoms with E-state index in [1.165, 1.54) is 32.1 Å². The predicted molar refractivity (Wildman–Crippen MR) is 77.7 cm³/mol. The van der Waals surface area contributed by atoms with Gasteiger partial charge in [0.15, 0.2) is 0 Å². The third-order valence-corrected chi connectivity index (χ3v) is 4.05. The van der Waals surface area contributed by atoms with Crippen molar-refractivity contribution in [3.63, 3.8) is 0 Å². The first kappa shape index (κ1) is 15.0. The number of aromatic amines is 1. The Hall–Kier alpha value is -1.36. The number of hydrogen-bond donors (Lipinski definition) is 3. The highest BCUT2D eigenvalue weighted by atomic mass is 16.3. The van der Waals surface area contributed by atoms with E-state index in [4.69, 9.17) is 5.11 Å². The van der Waals surface area contributed by atoms with Crippen LogP contribution < -0.4 is 5.32 Å². The van der Waals surface area contributed by atoms with Crippen molar-refractivity contribution in [2.75, 3.05) is 6.61 Å². The summed E-state index contributed by atoms with van der Waals surface area (Å²) in [5.74, 6) is 0.401. The van der Waals surface area contributed by atoms with Crippen LogP contribution in [0.15, 0.2) is 6.07 Å². The monoisotopic (exact) mass is 279 g/mol. The Balaban J connectivity index is 1.88. The molecule has 1 aromatic rings. The summed E-state index contributed by atoms with van der Waals surface area (Å²) in [6.45, 7) is 2.11. The van der Waals surface area contributed by atoms with Crippen molar-refractivity contribution in [2.24, 2.45) is 0 Å². The van der Waals surface area contributed by atoms with Crippen LogP contribution in [-0.2, 0) is 0 Å². The number of aliphatic hydroxyl groups is 1. The van der Waals surface area contributed by atoms with E-state index < -0.39 is 0 Å². The second-order valence-corrected chi connectivity index (χ2v) is 5.78. The number of carbonyl (C=O) groups excluding carboxylic acids is 1. The molecule has 1 atom stereocenters. The van der Waals surface area contributed by atoms with Crippen molar-refractivity contribution in [2.45, 2.75) is 63.8 Å². The molecule has 20 heavy (non-hydrogen) atoms. The van der Waals surface area contributed by atoms with Gasteiger partial charge in [-0.2, -0.15) is 5.10 Å². The predicted octanol–water partition coefficient (Wildman–Crippen LogP) is 2.35. The van der Waals surface area contributed by atoms with Crippen molar-refractivity contribution >= 4 is 5.91 Å². The van der Waals surface area contributed by atoms with E-state index in [0.29, 0.717) is 18.0 Å². The van der Waals surface area contributed by atoms with E-state index in [1.807, 2.05) is 13.0 Å². The molecule has 0 spiro atoms. The molecule has 5 nitrogen and oxygen atoms in total. The molecule has 112 valence electrons. The van der Waals surface area contributed by atoms with Crippen LogP contribution in [0.3, 0.4) is 0 Å². The number of H-pyrrole nitrogens is 1. The van der Waals surface area contributed by atoms with Gasteiger partial charge in [0.05, 0.1) is 0 Å². The number of amides is 1. The highest BCUT2D eigenvalue weighted by Crippen LogP contribution is 2.31. The molecule has 1 amide bonds. The summed E-state index contributed by atoms with van der Waals surface area (Å²) in [6.07, 6.45) is 7.72. The molecule has 2 rings (SSSR count). The lowest BCUT2D eigenvalue weighted by Crippen LogP contribution is -2.32. The van der Waals surface area contributed by atoms with E-state index >= 15 is 0 Å². The van der Waals surface area contributed by atoms with Crippen molar-refractivity contribution in [1.29, 1.82) is 0 Å². The topological polar surface area (TPSA) is 78.0 Å². The molecule has 1 heterocycles. The first-order valence-corrected chi connectivity index (χ1v) is 7.67. The fraction of sp³-hybridized carbons (Fsp3) is 0.733. The zero-order valence-electron chi connectivity index (χ0n) is 12.2. The lowest BCUT2D eigenvalue weighted by atomic mass is 9.87. The van der Waals surface area contributed by atoms with Crippen LogP contribution in [0.25, 0.3) is 0 Å². The van der Waals surface area contributed by atoms with E-state index in [0.717, 1.165) is 12.1 Å². The van der Waals surface area contributed by atoms with Crippen LogP contribution in [0.4, 0.5) is 0 Å². The van der Waals surface area contributed by atoms with E-state index in [2.05, 4.69) is 15.5 Å². The maximum Gasteiger partial charge on any atom is 0.271 e. The number of nitrogens with zero attached hydrogens (tertiary/aromatic N) is 1. The summed E-state index contributed by atoms with van der Waals surface area (Å²) >= 11 is 0. The average molecular weight is 279 g/mol. The molecule has 1 aliphatic carbocycles. The minimum Gasteiger partial charge on any atom is -0.396 e. The lowest BCUT2D eigenvalue weighted by molar-refractivity contribution is 0.0931. The van der Waals surface area contributed by atoms with Gasteiger partial charge in [0, 0.05) is 24.3 Å². The van der Waals surface area contributed by atoms with Crippen LogP contribution in [0, 0.1) is 0 Å². The van der Waals surface area contributed by atoms with Crippen LogP contribution in [0.5, 0.6) is 0 Å². The van der Waals surface area contributed by atoms with Crippen molar-refractivity contribution in [3.05, 3.63) is 17.5 Å². The van der Waals surface area contributed by atoms with Gasteiger partial charge < -0.3 is 10.4 Å². The molecule has 1 aromatic heterocycles. The maximum atomic E-state index is 12.1. The minimum atomic E-state index is -0.131. The largest absolute Gasteiger partial charge is 0.396 e. The van der Waals surface area contributed by atoms with Crippen molar-refractivity contribution in [1.82, 2.24) is 15.5 Å². The van der Waals surface area contributed by atoms with Crippen LogP contribution in [0.1, 0.15) is 74.0 Å². The van der Waals surface area contributed by atoms with Crippen LogP contribution in [-0.4, -0.2) is 33.9 Å². The van der Waals surface area contributed by atoms with Crippen molar-refractivity contribution < 1.29 is 9.90 Å². The Kier molecular flexibility index (Phi) is 5.59. The summed E-state index contributed by atoms with van der Waals surface area (Å²) in [5.41, 5.74) is 1.57. The summed E-state index contributed by atoms with van der Waals surface area (Å²) in [6, 6.07) is 1.95. The molecule has 0 saturated heterocycles. The molecule has 1 saturated carbocycles. The quantitative estimate of drug-likeness (QED) is 0.748. The first-order valence-electron chi connectivity index (χ1n) is 7.67. The van der Waals surface area contributed by atoms with E-state index in [-0.39, 0.29) is 18.6 Å². The molecular weight excluding hydrogens is 254 g/mol. The van der Waals surface area contributed by atoms with Gasteiger partial charge in [0.1, 0.15) is 5.69 Å². The summed E-state index contributed by atoms with van der Waals surface area (Å²) in [7, 11) is 0. The van der Waals surface area contributed by atoms with Gasteiger partial charge >= 0.3 is 0 Å². The van der Waals surface area contributed by atoms with E-state index in [9.17, 15) is 4.79 Å². The number of aliphatic hydroxyl groups excluding tert-OH is 1. The van der Waals surface area contributed by atoms with Gasteiger partial charge in [-0.15, -0.1) is 0 Å². The maximum absolute atomic E-state index is 12.1. The lowest BCUT2D eigenvalue weighted by Gasteiger charge is -2.19. The average Bonchev–Trinajstić information content (AvgIpc) is 2.96. The van der Waals surface area contributed by atoms with Gasteiger partial charge in [0.25, 0.3) is 5.91 Å². The summed E-state index contributed by atoms with van der Waals surface area (Å²) in [5, 5.41) is 18.9. The zero-order valence-corrected chi connectivity index (χ0v) is 12.2. The number of carbonyl (C=O) groups is 1. The van der Waals surface area contributed by atoms with Gasteiger partial charge in [0.2, 0.25) is 0 Å². The van der Waals surface area contributed by atoms with Gasteiger partial charge in [-0.25, -0.2) is 0 Å². The standard InChI is InChI=1S/C15H25N3O2/c1-11(6-5-9-19)16-15(20)14-10-13(17-18-14)12-7-3-2-4-8-12/h10-12,19H,2-9H2,1H3,(H,16,20)(H,17,18). The molecule has 1 fully saturated rings. The van der Waals surface area contributed by atoms with Gasteiger partial charge in [-0.05, 0) is 38.7 Å². The van der Waals surface area contributed by atoms with Crippen LogP contribution >= 0.6 is 0 Å². The third kappa shape index (κ3) is 4.07. The number of aromatic nitrogens is 2. The summed E-state index contributed by atoms with van der Waals surface area (Å²) in [4.78, 5) is 12.1. The molecule has 0 radical (unpaired) electrons. The SMILES string of the molecule is CC(CCCO)NC(=O)c1cc(C2CCCCC2)[nH]n1. The highest BCUT2D eigenvalue weighted by Gasteiger charge is 2.20. The molecule has 1 aliphatic rings. The van der Waals surface area contributed by atoms with Crippen LogP contribution in [0.2, 0.25) is 0 Å². The van der Waals surface area contributed by atoms with E-state index in [1.54, 1.807) is 0 Å². The zero-order chi connectivity index (χ0) is 14.4. The second-order valence-electron chi connectivity index (χ2n) is 5.78. The molecule has 3 N–H and O–H groups in total. The normalized spacial score (nSPS) is 17.9. The van der Waals surface area contributed by atoms with Gasteiger partial charge in [-0.3, -0.25) is 9.89 Å². The second kappa shape index (κ2) is 7.43. The fourth-order valence-electron chi connectivity index (χ4n) is 2.84. The molecule has 0 aromatic carbocycles. The highest BCUT2D eigenvalue weighted by molar-refractivity contribution is 5.92. The number of rotatable bonds is 6. The minimum absolute atomic E-state index is 0.0597. The Morgan fingerprint density at radius 2 is 2.25 bits per heavy atom. The third-order valence-electron chi connectivity index (χ3n) is 4.05. The molecule has 0 bridgehead atoms. The molecule has 5 heteroatoms. The molecule has 0 aliphatic heterocycles. The number of nitrogens with one attached hydrogen (secondary N) is 2.